The minimum absolute atomic E-state index is 0.639. The quantitative estimate of drug-likeness (QED) is 0.918. The first-order valence-corrected chi connectivity index (χ1v) is 6.74. The van der Waals surface area contributed by atoms with Crippen molar-refractivity contribution in [2.45, 2.75) is 6.10 Å². The standard InChI is InChI=1S/C17H21NO3/c1-18(2)13-7-5-12(6-8-13)17(19)15-11-14(20-3)9-10-16(15)21-4/h5-11,17,19H,1-4H3. The fraction of sp³-hybridized carbons (Fsp3) is 0.294. The fourth-order valence-corrected chi connectivity index (χ4v) is 2.19. The van der Waals surface area contributed by atoms with E-state index >= 15 is 0 Å². The Kier molecular flexibility index (Phi) is 4.70. The van der Waals surface area contributed by atoms with Crippen LogP contribution in [0.1, 0.15) is 17.2 Å². The molecule has 0 aliphatic rings. The minimum atomic E-state index is -0.758. The molecule has 0 bridgehead atoms. The summed E-state index contributed by atoms with van der Waals surface area (Å²) in [6.07, 6.45) is -0.758. The van der Waals surface area contributed by atoms with Crippen molar-refractivity contribution in [3.05, 3.63) is 53.6 Å². The first kappa shape index (κ1) is 15.2. The molecule has 4 nitrogen and oxygen atoms in total. The monoisotopic (exact) mass is 287 g/mol. The van der Waals surface area contributed by atoms with Gasteiger partial charge in [0, 0.05) is 25.3 Å². The molecule has 0 spiro atoms. The molecular formula is C17H21NO3. The van der Waals surface area contributed by atoms with Crippen LogP contribution in [0.15, 0.2) is 42.5 Å². The van der Waals surface area contributed by atoms with Crippen LogP contribution >= 0.6 is 0 Å². The number of rotatable bonds is 5. The average Bonchev–Trinajstić information content (AvgIpc) is 2.53. The molecule has 0 saturated carbocycles. The Bertz CT molecular complexity index is 593. The Morgan fingerprint density at radius 3 is 2.14 bits per heavy atom. The van der Waals surface area contributed by atoms with Crippen molar-refractivity contribution in [1.82, 2.24) is 0 Å². The molecule has 2 aromatic rings. The molecule has 0 amide bonds. The first-order chi connectivity index (χ1) is 10.1. The summed E-state index contributed by atoms with van der Waals surface area (Å²) in [6, 6.07) is 13.2. The summed E-state index contributed by atoms with van der Waals surface area (Å²) in [6.45, 7) is 0. The van der Waals surface area contributed by atoms with Gasteiger partial charge < -0.3 is 19.5 Å². The lowest BCUT2D eigenvalue weighted by Gasteiger charge is -2.18. The lowest BCUT2D eigenvalue weighted by atomic mass is 10.00. The highest BCUT2D eigenvalue weighted by atomic mass is 16.5. The van der Waals surface area contributed by atoms with Crippen molar-refractivity contribution in [3.8, 4) is 11.5 Å². The third-order valence-corrected chi connectivity index (χ3v) is 3.46. The molecule has 0 aliphatic carbocycles. The zero-order valence-electron chi connectivity index (χ0n) is 12.8. The van der Waals surface area contributed by atoms with E-state index in [-0.39, 0.29) is 0 Å². The Hall–Kier alpha value is -2.20. The maximum absolute atomic E-state index is 10.6. The second-order valence-corrected chi connectivity index (χ2v) is 5.00. The Balaban J connectivity index is 2.36. The molecule has 2 rings (SSSR count). The zero-order valence-corrected chi connectivity index (χ0v) is 12.8. The Morgan fingerprint density at radius 1 is 0.952 bits per heavy atom. The molecule has 21 heavy (non-hydrogen) atoms. The van der Waals surface area contributed by atoms with E-state index in [1.165, 1.54) is 0 Å². The summed E-state index contributed by atoms with van der Waals surface area (Å²) >= 11 is 0. The van der Waals surface area contributed by atoms with E-state index in [0.717, 1.165) is 11.3 Å². The van der Waals surface area contributed by atoms with Gasteiger partial charge >= 0.3 is 0 Å². The highest BCUT2D eigenvalue weighted by Gasteiger charge is 2.16. The molecule has 0 aliphatic heterocycles. The average molecular weight is 287 g/mol. The molecule has 0 heterocycles. The Labute approximate surface area is 125 Å². The van der Waals surface area contributed by atoms with E-state index in [4.69, 9.17) is 9.47 Å². The van der Waals surface area contributed by atoms with Crippen LogP contribution in [0.4, 0.5) is 5.69 Å². The fourth-order valence-electron chi connectivity index (χ4n) is 2.19. The summed E-state index contributed by atoms with van der Waals surface area (Å²) in [4.78, 5) is 2.02. The number of benzene rings is 2. The molecule has 0 aromatic heterocycles. The van der Waals surface area contributed by atoms with Gasteiger partial charge in [0.05, 0.1) is 14.2 Å². The SMILES string of the molecule is COc1ccc(OC)c(C(O)c2ccc(N(C)C)cc2)c1. The van der Waals surface area contributed by atoms with Gasteiger partial charge in [-0.15, -0.1) is 0 Å². The van der Waals surface area contributed by atoms with Crippen LogP contribution in [-0.4, -0.2) is 33.4 Å². The van der Waals surface area contributed by atoms with Gasteiger partial charge in [0.25, 0.3) is 0 Å². The van der Waals surface area contributed by atoms with Crippen LogP contribution in [-0.2, 0) is 0 Å². The number of aliphatic hydroxyl groups excluding tert-OH is 1. The summed E-state index contributed by atoms with van der Waals surface area (Å²) in [5.74, 6) is 1.33. The molecule has 1 atom stereocenters. The maximum Gasteiger partial charge on any atom is 0.125 e. The molecule has 112 valence electrons. The van der Waals surface area contributed by atoms with Crippen LogP contribution in [0.3, 0.4) is 0 Å². The van der Waals surface area contributed by atoms with Crippen molar-refractivity contribution in [2.24, 2.45) is 0 Å². The van der Waals surface area contributed by atoms with Crippen LogP contribution in [0.2, 0.25) is 0 Å². The predicted molar refractivity (Wildman–Crippen MR) is 84.4 cm³/mol. The molecule has 4 heteroatoms. The van der Waals surface area contributed by atoms with Crippen molar-refractivity contribution < 1.29 is 14.6 Å². The van der Waals surface area contributed by atoms with Gasteiger partial charge in [-0.1, -0.05) is 12.1 Å². The number of nitrogens with zero attached hydrogens (tertiary/aromatic N) is 1. The summed E-state index contributed by atoms with van der Waals surface area (Å²) in [5, 5.41) is 10.6. The van der Waals surface area contributed by atoms with E-state index in [0.29, 0.717) is 17.1 Å². The normalized spacial score (nSPS) is 11.9. The van der Waals surface area contributed by atoms with E-state index in [1.807, 2.05) is 49.3 Å². The lowest BCUT2D eigenvalue weighted by Crippen LogP contribution is -2.09. The number of aliphatic hydroxyl groups is 1. The molecule has 1 N–H and O–H groups in total. The lowest BCUT2D eigenvalue weighted by molar-refractivity contribution is 0.214. The Morgan fingerprint density at radius 2 is 1.62 bits per heavy atom. The van der Waals surface area contributed by atoms with Crippen molar-refractivity contribution in [3.63, 3.8) is 0 Å². The van der Waals surface area contributed by atoms with Crippen molar-refractivity contribution in [1.29, 1.82) is 0 Å². The topological polar surface area (TPSA) is 41.9 Å². The minimum Gasteiger partial charge on any atom is -0.497 e. The van der Waals surface area contributed by atoms with E-state index in [2.05, 4.69) is 0 Å². The van der Waals surface area contributed by atoms with Crippen LogP contribution in [0.25, 0.3) is 0 Å². The number of ether oxygens (including phenoxy) is 2. The molecular weight excluding hydrogens is 266 g/mol. The predicted octanol–water partition coefficient (Wildman–Crippen LogP) is 2.85. The van der Waals surface area contributed by atoms with Gasteiger partial charge in [0.1, 0.15) is 17.6 Å². The largest absolute Gasteiger partial charge is 0.497 e. The van der Waals surface area contributed by atoms with Crippen molar-refractivity contribution in [2.75, 3.05) is 33.2 Å². The van der Waals surface area contributed by atoms with E-state index < -0.39 is 6.10 Å². The third kappa shape index (κ3) is 3.28. The number of anilines is 1. The maximum atomic E-state index is 10.6. The molecule has 0 saturated heterocycles. The van der Waals surface area contributed by atoms with E-state index in [1.54, 1.807) is 26.4 Å². The zero-order chi connectivity index (χ0) is 15.4. The van der Waals surface area contributed by atoms with E-state index in [9.17, 15) is 5.11 Å². The second kappa shape index (κ2) is 6.50. The highest BCUT2D eigenvalue weighted by molar-refractivity contribution is 5.49. The summed E-state index contributed by atoms with van der Waals surface area (Å²) in [5.41, 5.74) is 2.59. The molecule has 2 aromatic carbocycles. The number of hydrogen-bond donors (Lipinski definition) is 1. The smallest absolute Gasteiger partial charge is 0.125 e. The first-order valence-electron chi connectivity index (χ1n) is 6.74. The second-order valence-electron chi connectivity index (χ2n) is 5.00. The van der Waals surface area contributed by atoms with Crippen LogP contribution in [0, 0.1) is 0 Å². The molecule has 0 fully saturated rings. The van der Waals surface area contributed by atoms with Crippen LogP contribution in [0.5, 0.6) is 11.5 Å². The number of methoxy groups -OCH3 is 2. The van der Waals surface area contributed by atoms with Crippen LogP contribution < -0.4 is 14.4 Å². The molecule has 0 radical (unpaired) electrons. The van der Waals surface area contributed by atoms with Gasteiger partial charge in [-0.3, -0.25) is 0 Å². The summed E-state index contributed by atoms with van der Waals surface area (Å²) < 4.78 is 10.5. The van der Waals surface area contributed by atoms with Crippen molar-refractivity contribution >= 4 is 5.69 Å². The number of hydrogen-bond acceptors (Lipinski definition) is 4. The van der Waals surface area contributed by atoms with Gasteiger partial charge in [-0.25, -0.2) is 0 Å². The highest BCUT2D eigenvalue weighted by Crippen LogP contribution is 2.33. The van der Waals surface area contributed by atoms with Gasteiger partial charge in [0.2, 0.25) is 0 Å². The van der Waals surface area contributed by atoms with Gasteiger partial charge in [-0.2, -0.15) is 0 Å². The summed E-state index contributed by atoms with van der Waals surface area (Å²) in [7, 11) is 7.16. The third-order valence-electron chi connectivity index (χ3n) is 3.46. The van der Waals surface area contributed by atoms with Gasteiger partial charge in [-0.05, 0) is 35.9 Å². The van der Waals surface area contributed by atoms with Gasteiger partial charge in [0.15, 0.2) is 0 Å². The molecule has 1 unspecified atom stereocenters.